The van der Waals surface area contributed by atoms with Crippen LogP contribution in [-0.2, 0) is 14.3 Å². The van der Waals surface area contributed by atoms with Gasteiger partial charge in [0, 0.05) is 13.5 Å². The zero-order valence-electron chi connectivity index (χ0n) is 17.2. The van der Waals surface area contributed by atoms with Crippen LogP contribution in [0.5, 0.6) is 0 Å². The van der Waals surface area contributed by atoms with E-state index in [1.807, 2.05) is 6.08 Å². The maximum absolute atomic E-state index is 11.7. The lowest BCUT2D eigenvalue weighted by atomic mass is 9.97. The van der Waals surface area contributed by atoms with Gasteiger partial charge in [-0.25, -0.2) is 0 Å². The Hall–Kier alpha value is -1.71. The molecule has 1 saturated heterocycles. The Labute approximate surface area is 166 Å². The van der Waals surface area contributed by atoms with Gasteiger partial charge in [-0.1, -0.05) is 69.8 Å². The number of cyclic esters (lactones) is 1. The molecule has 1 rings (SSSR count). The van der Waals surface area contributed by atoms with Crippen LogP contribution >= 0.6 is 0 Å². The molecule has 0 bridgehead atoms. The van der Waals surface area contributed by atoms with E-state index in [-0.39, 0.29) is 18.0 Å². The molecule has 1 aliphatic heterocycles. The predicted molar refractivity (Wildman–Crippen MR) is 111 cm³/mol. The van der Waals surface area contributed by atoms with E-state index in [0.29, 0.717) is 6.61 Å². The molecule has 1 fully saturated rings. The van der Waals surface area contributed by atoms with Crippen molar-refractivity contribution in [2.75, 3.05) is 13.7 Å². The van der Waals surface area contributed by atoms with E-state index in [2.05, 4.69) is 36.7 Å². The van der Waals surface area contributed by atoms with Crippen molar-refractivity contribution in [1.82, 2.24) is 0 Å². The number of methoxy groups -OCH3 is 1. The van der Waals surface area contributed by atoms with E-state index in [1.165, 1.54) is 38.5 Å². The van der Waals surface area contributed by atoms with Crippen LogP contribution < -0.4 is 0 Å². The van der Waals surface area contributed by atoms with Crippen LogP contribution in [-0.4, -0.2) is 25.8 Å². The van der Waals surface area contributed by atoms with Gasteiger partial charge in [-0.3, -0.25) is 4.79 Å². The summed E-state index contributed by atoms with van der Waals surface area (Å²) >= 11 is 0. The Bertz CT molecular complexity index is 541. The van der Waals surface area contributed by atoms with E-state index in [9.17, 15) is 4.79 Å². The first-order valence-corrected chi connectivity index (χ1v) is 10.6. The molecule has 0 aromatic rings. The monoisotopic (exact) mass is 372 g/mol. The molecule has 0 unspecified atom stereocenters. The summed E-state index contributed by atoms with van der Waals surface area (Å²) in [6.45, 7) is 2.71. The van der Waals surface area contributed by atoms with Gasteiger partial charge in [0.1, 0.15) is 6.10 Å². The fourth-order valence-corrected chi connectivity index (χ4v) is 3.21. The van der Waals surface area contributed by atoms with E-state index in [1.54, 1.807) is 7.11 Å². The molecule has 3 nitrogen and oxygen atoms in total. The number of carbonyl (C=O) groups excluding carboxylic acids is 1. The van der Waals surface area contributed by atoms with Crippen LogP contribution in [0.4, 0.5) is 0 Å². The molecule has 0 N–H and O–H groups in total. The number of ether oxygens (including phenoxy) is 2. The summed E-state index contributed by atoms with van der Waals surface area (Å²) in [6, 6.07) is 0. The van der Waals surface area contributed by atoms with Crippen molar-refractivity contribution in [3.8, 4) is 23.7 Å². The van der Waals surface area contributed by atoms with Crippen molar-refractivity contribution < 1.29 is 14.3 Å². The molecule has 1 aliphatic rings. The van der Waals surface area contributed by atoms with E-state index >= 15 is 0 Å². The summed E-state index contributed by atoms with van der Waals surface area (Å²) in [5.74, 6) is 11.9. The Morgan fingerprint density at radius 3 is 2.67 bits per heavy atom. The minimum absolute atomic E-state index is 0.0321. The maximum atomic E-state index is 11.7. The minimum Gasteiger partial charge on any atom is -0.460 e. The highest BCUT2D eigenvalue weighted by atomic mass is 16.6. The molecule has 1 heterocycles. The Morgan fingerprint density at radius 2 is 1.89 bits per heavy atom. The van der Waals surface area contributed by atoms with Crippen molar-refractivity contribution in [2.24, 2.45) is 5.92 Å². The van der Waals surface area contributed by atoms with Crippen molar-refractivity contribution in [3.05, 3.63) is 12.2 Å². The molecule has 0 aromatic heterocycles. The minimum atomic E-state index is -0.0322. The number of hydrogen-bond donors (Lipinski definition) is 0. The molecular weight excluding hydrogens is 336 g/mol. The lowest BCUT2D eigenvalue weighted by Gasteiger charge is -2.06. The van der Waals surface area contributed by atoms with Crippen LogP contribution in [0.1, 0.15) is 84.0 Å². The quantitative estimate of drug-likeness (QED) is 0.245. The number of carbonyl (C=O) groups is 1. The fourth-order valence-electron chi connectivity index (χ4n) is 3.21. The predicted octanol–water partition coefficient (Wildman–Crippen LogP) is 5.44. The van der Waals surface area contributed by atoms with Crippen molar-refractivity contribution in [1.29, 1.82) is 0 Å². The summed E-state index contributed by atoms with van der Waals surface area (Å²) in [4.78, 5) is 11.7. The first-order chi connectivity index (χ1) is 13.3. The highest BCUT2D eigenvalue weighted by molar-refractivity contribution is 5.74. The molecule has 0 saturated carbocycles. The van der Waals surface area contributed by atoms with Gasteiger partial charge >= 0.3 is 5.97 Å². The highest BCUT2D eigenvalue weighted by Gasteiger charge is 2.33. The number of allylic oxidation sites excluding steroid dienone is 2. The highest BCUT2D eigenvalue weighted by Crippen LogP contribution is 2.26. The topological polar surface area (TPSA) is 35.5 Å². The van der Waals surface area contributed by atoms with Gasteiger partial charge < -0.3 is 9.47 Å². The van der Waals surface area contributed by atoms with Crippen LogP contribution in [0.25, 0.3) is 0 Å². The van der Waals surface area contributed by atoms with Crippen LogP contribution in [0.15, 0.2) is 12.2 Å². The third kappa shape index (κ3) is 12.3. The van der Waals surface area contributed by atoms with E-state index in [0.717, 1.165) is 38.5 Å². The maximum Gasteiger partial charge on any atom is 0.309 e. The Morgan fingerprint density at radius 1 is 1.11 bits per heavy atom. The molecule has 0 spiro atoms. The summed E-state index contributed by atoms with van der Waals surface area (Å²) in [7, 11) is 1.65. The number of rotatable bonds is 13. The fraction of sp³-hybridized carbons (Fsp3) is 0.708. The third-order valence-electron chi connectivity index (χ3n) is 4.77. The zero-order valence-corrected chi connectivity index (χ0v) is 17.2. The molecule has 0 aromatic carbocycles. The molecule has 2 atom stereocenters. The van der Waals surface area contributed by atoms with Crippen LogP contribution in [0.3, 0.4) is 0 Å². The average Bonchev–Trinajstić information content (AvgIpc) is 3.01. The number of unbranched alkanes of at least 4 members (excludes halogenated alkanes) is 8. The van der Waals surface area contributed by atoms with Crippen molar-refractivity contribution >= 4 is 5.97 Å². The first kappa shape index (κ1) is 23.3. The Balaban J connectivity index is 1.92. The Kier molecular flexibility index (Phi) is 14.2. The summed E-state index contributed by atoms with van der Waals surface area (Å²) < 4.78 is 10.4. The molecule has 0 amide bonds. The van der Waals surface area contributed by atoms with Gasteiger partial charge in [-0.15, -0.1) is 0 Å². The summed E-state index contributed by atoms with van der Waals surface area (Å²) in [5.41, 5.74) is 0. The first-order valence-electron chi connectivity index (χ1n) is 10.6. The lowest BCUT2D eigenvalue weighted by molar-refractivity contribution is -0.145. The van der Waals surface area contributed by atoms with Crippen LogP contribution in [0, 0.1) is 29.6 Å². The SMILES string of the molecule is CCCC/C=C\C#CC#CCCCCCCCC[C@@H]1C[C@@H](COC)OC1=O. The number of hydrogen-bond acceptors (Lipinski definition) is 3. The van der Waals surface area contributed by atoms with Gasteiger partial charge in [0.05, 0.1) is 12.5 Å². The smallest absolute Gasteiger partial charge is 0.309 e. The van der Waals surface area contributed by atoms with Gasteiger partial charge in [-0.05, 0) is 43.6 Å². The van der Waals surface area contributed by atoms with Gasteiger partial charge in [0.2, 0.25) is 0 Å². The number of esters is 1. The molecular formula is C24H36O3. The summed E-state index contributed by atoms with van der Waals surface area (Å²) in [5, 5.41) is 0. The molecule has 27 heavy (non-hydrogen) atoms. The summed E-state index contributed by atoms with van der Waals surface area (Å²) in [6.07, 6.45) is 17.4. The van der Waals surface area contributed by atoms with Gasteiger partial charge in [0.25, 0.3) is 0 Å². The van der Waals surface area contributed by atoms with Crippen molar-refractivity contribution in [3.63, 3.8) is 0 Å². The molecule has 0 radical (unpaired) electrons. The van der Waals surface area contributed by atoms with E-state index in [4.69, 9.17) is 9.47 Å². The van der Waals surface area contributed by atoms with Crippen molar-refractivity contribution in [2.45, 2.75) is 90.1 Å². The van der Waals surface area contributed by atoms with Crippen LogP contribution in [0.2, 0.25) is 0 Å². The lowest BCUT2D eigenvalue weighted by Crippen LogP contribution is -2.13. The molecule has 3 heteroatoms. The van der Waals surface area contributed by atoms with Gasteiger partial charge in [-0.2, -0.15) is 0 Å². The second-order valence-corrected chi connectivity index (χ2v) is 7.22. The van der Waals surface area contributed by atoms with E-state index < -0.39 is 0 Å². The molecule has 0 aliphatic carbocycles. The van der Waals surface area contributed by atoms with Gasteiger partial charge in [0.15, 0.2) is 0 Å². The second-order valence-electron chi connectivity index (χ2n) is 7.22. The average molecular weight is 373 g/mol. The molecule has 150 valence electrons. The third-order valence-corrected chi connectivity index (χ3v) is 4.77. The largest absolute Gasteiger partial charge is 0.460 e. The normalized spacial score (nSPS) is 18.7. The second kappa shape index (κ2) is 16.5. The standard InChI is InChI=1S/C24H36O3/c1-3-4-5-6-7-8-9-10-11-12-13-14-15-16-17-18-19-22-20-23(21-26-2)27-24(22)25/h6-7,22-23H,3-5,12-21H2,1-2H3/b7-6-/t22-,23+/m1/s1. The zero-order chi connectivity index (χ0) is 19.6.